The van der Waals surface area contributed by atoms with Gasteiger partial charge in [-0.1, -0.05) is 5.16 Å². The van der Waals surface area contributed by atoms with E-state index >= 15 is 0 Å². The summed E-state index contributed by atoms with van der Waals surface area (Å²) in [5.41, 5.74) is 3.22. The summed E-state index contributed by atoms with van der Waals surface area (Å²) in [5.74, 6) is 1.28. The highest BCUT2D eigenvalue weighted by Gasteiger charge is 2.18. The second-order valence-corrected chi connectivity index (χ2v) is 6.80. The van der Waals surface area contributed by atoms with Crippen LogP contribution in [0.4, 0.5) is 0 Å². The summed E-state index contributed by atoms with van der Waals surface area (Å²) in [4.78, 5) is 18.0. The Balaban J connectivity index is 1.55. The van der Waals surface area contributed by atoms with Crippen LogP contribution in [0.3, 0.4) is 0 Å². The van der Waals surface area contributed by atoms with E-state index in [1.807, 2.05) is 59.6 Å². The van der Waals surface area contributed by atoms with Gasteiger partial charge in [-0.3, -0.25) is 13.8 Å². The molecule has 0 aliphatic heterocycles. The van der Waals surface area contributed by atoms with Gasteiger partial charge in [-0.2, -0.15) is 0 Å². The summed E-state index contributed by atoms with van der Waals surface area (Å²) < 4.78 is 9.01. The van der Waals surface area contributed by atoms with Gasteiger partial charge in [0.1, 0.15) is 5.76 Å². The lowest BCUT2D eigenvalue weighted by Gasteiger charge is -2.06. The van der Waals surface area contributed by atoms with Gasteiger partial charge in [-0.05, 0) is 26.8 Å². The SMILES string of the molecule is Cc1cc(-n2c(C)cc(C(=O)NCc3cn4ccsc4n3)c2C)no1. The van der Waals surface area contributed by atoms with Crippen molar-refractivity contribution in [1.29, 1.82) is 0 Å². The summed E-state index contributed by atoms with van der Waals surface area (Å²) in [6, 6.07) is 3.71. The van der Waals surface area contributed by atoms with Crippen molar-refractivity contribution in [2.75, 3.05) is 0 Å². The molecular formula is C17H17N5O2S. The van der Waals surface area contributed by atoms with Crippen molar-refractivity contribution < 1.29 is 9.32 Å². The number of fused-ring (bicyclic) bond motifs is 1. The molecule has 0 saturated carbocycles. The Morgan fingerprint density at radius 2 is 2.16 bits per heavy atom. The highest BCUT2D eigenvalue weighted by molar-refractivity contribution is 7.15. The molecule has 4 aromatic rings. The minimum Gasteiger partial charge on any atom is -0.360 e. The summed E-state index contributed by atoms with van der Waals surface area (Å²) in [6.07, 6.45) is 3.87. The largest absolute Gasteiger partial charge is 0.360 e. The Kier molecular flexibility index (Phi) is 3.69. The third-order valence-corrected chi connectivity index (χ3v) is 4.86. The van der Waals surface area contributed by atoms with E-state index in [9.17, 15) is 4.79 Å². The number of aryl methyl sites for hydroxylation is 2. The molecule has 8 heteroatoms. The van der Waals surface area contributed by atoms with E-state index in [2.05, 4.69) is 15.5 Å². The maximum Gasteiger partial charge on any atom is 0.253 e. The molecule has 0 aliphatic rings. The summed E-state index contributed by atoms with van der Waals surface area (Å²) in [7, 11) is 0. The van der Waals surface area contributed by atoms with Crippen LogP contribution in [0.5, 0.6) is 0 Å². The fourth-order valence-corrected chi connectivity index (χ4v) is 3.65. The van der Waals surface area contributed by atoms with Crippen LogP contribution in [-0.2, 0) is 6.54 Å². The smallest absolute Gasteiger partial charge is 0.253 e. The molecule has 7 nitrogen and oxygen atoms in total. The number of nitrogens with zero attached hydrogens (tertiary/aromatic N) is 4. The Morgan fingerprint density at radius 1 is 1.32 bits per heavy atom. The number of aromatic nitrogens is 4. The van der Waals surface area contributed by atoms with Crippen molar-refractivity contribution in [3.63, 3.8) is 0 Å². The first-order valence-corrected chi connectivity index (χ1v) is 8.73. The number of amides is 1. The topological polar surface area (TPSA) is 77.4 Å². The lowest BCUT2D eigenvalue weighted by atomic mass is 10.2. The van der Waals surface area contributed by atoms with E-state index in [-0.39, 0.29) is 5.91 Å². The fraction of sp³-hybridized carbons (Fsp3) is 0.235. The van der Waals surface area contributed by atoms with E-state index in [0.29, 0.717) is 17.9 Å². The van der Waals surface area contributed by atoms with Crippen LogP contribution < -0.4 is 5.32 Å². The predicted octanol–water partition coefficient (Wildman–Crippen LogP) is 3.03. The van der Waals surface area contributed by atoms with Crippen LogP contribution in [0.15, 0.2) is 34.4 Å². The number of rotatable bonds is 4. The minimum absolute atomic E-state index is 0.129. The standard InChI is InChI=1S/C17H17N5O2S/c1-10-6-14(12(3)22(10)15-7-11(2)24-20-15)16(23)18-8-13-9-21-4-5-25-17(21)19-13/h4-7,9H,8H2,1-3H3,(H,18,23). The van der Waals surface area contributed by atoms with Crippen molar-refractivity contribution in [2.24, 2.45) is 0 Å². The zero-order chi connectivity index (χ0) is 17.6. The predicted molar refractivity (Wildman–Crippen MR) is 94.3 cm³/mol. The third-order valence-electron chi connectivity index (χ3n) is 4.09. The van der Waals surface area contributed by atoms with Crippen LogP contribution >= 0.6 is 11.3 Å². The maximum absolute atomic E-state index is 12.6. The molecule has 4 aromatic heterocycles. The van der Waals surface area contributed by atoms with E-state index < -0.39 is 0 Å². The van der Waals surface area contributed by atoms with Gasteiger partial charge in [0.05, 0.1) is 17.8 Å². The van der Waals surface area contributed by atoms with Crippen LogP contribution in [-0.4, -0.2) is 25.0 Å². The highest BCUT2D eigenvalue weighted by atomic mass is 32.1. The molecule has 4 heterocycles. The van der Waals surface area contributed by atoms with E-state index in [1.165, 1.54) is 0 Å². The molecular weight excluding hydrogens is 338 g/mol. The van der Waals surface area contributed by atoms with Gasteiger partial charge in [0.15, 0.2) is 10.8 Å². The molecule has 1 amide bonds. The first kappa shape index (κ1) is 15.6. The van der Waals surface area contributed by atoms with Crippen LogP contribution in [0.25, 0.3) is 10.8 Å². The minimum atomic E-state index is -0.129. The lowest BCUT2D eigenvalue weighted by molar-refractivity contribution is 0.0950. The molecule has 0 unspecified atom stereocenters. The number of carbonyl (C=O) groups excluding carboxylic acids is 1. The Morgan fingerprint density at radius 3 is 2.88 bits per heavy atom. The number of carbonyl (C=O) groups is 1. The number of hydrogen-bond acceptors (Lipinski definition) is 5. The average molecular weight is 355 g/mol. The first-order chi connectivity index (χ1) is 12.0. The van der Waals surface area contributed by atoms with Crippen LogP contribution in [0, 0.1) is 20.8 Å². The number of imidazole rings is 1. The molecule has 0 aromatic carbocycles. The molecule has 0 spiro atoms. The van der Waals surface area contributed by atoms with Crippen molar-refractivity contribution in [1.82, 2.24) is 24.4 Å². The van der Waals surface area contributed by atoms with Crippen molar-refractivity contribution in [3.8, 4) is 5.82 Å². The van der Waals surface area contributed by atoms with Crippen molar-refractivity contribution >= 4 is 22.2 Å². The molecule has 0 bridgehead atoms. The molecule has 4 rings (SSSR count). The monoisotopic (exact) mass is 355 g/mol. The number of thiazole rings is 1. The zero-order valence-corrected chi connectivity index (χ0v) is 14.9. The Labute approximate surface area is 147 Å². The molecule has 0 saturated heterocycles. The van der Waals surface area contributed by atoms with E-state index in [4.69, 9.17) is 4.52 Å². The molecule has 0 radical (unpaired) electrons. The van der Waals surface area contributed by atoms with Crippen LogP contribution in [0.2, 0.25) is 0 Å². The van der Waals surface area contributed by atoms with Gasteiger partial charge in [-0.15, -0.1) is 11.3 Å². The number of nitrogens with one attached hydrogen (secondary N) is 1. The normalized spacial score (nSPS) is 11.3. The molecule has 1 N–H and O–H groups in total. The van der Waals surface area contributed by atoms with Crippen molar-refractivity contribution in [3.05, 3.63) is 58.3 Å². The maximum atomic E-state index is 12.6. The quantitative estimate of drug-likeness (QED) is 0.610. The Hall–Kier alpha value is -2.87. The zero-order valence-electron chi connectivity index (χ0n) is 14.1. The molecule has 0 fully saturated rings. The van der Waals surface area contributed by atoms with Gasteiger partial charge in [0.2, 0.25) is 0 Å². The number of hydrogen-bond donors (Lipinski definition) is 1. The van der Waals surface area contributed by atoms with Crippen molar-refractivity contribution in [2.45, 2.75) is 27.3 Å². The molecule has 128 valence electrons. The van der Waals surface area contributed by atoms with Gasteiger partial charge in [-0.25, -0.2) is 4.98 Å². The average Bonchev–Trinajstić information content (AvgIpc) is 3.30. The third kappa shape index (κ3) is 2.74. The summed E-state index contributed by atoms with van der Waals surface area (Å²) >= 11 is 1.57. The summed E-state index contributed by atoms with van der Waals surface area (Å²) in [5, 5.41) is 8.95. The first-order valence-electron chi connectivity index (χ1n) is 7.85. The van der Waals surface area contributed by atoms with E-state index in [1.54, 1.807) is 11.3 Å². The fourth-order valence-electron chi connectivity index (χ4n) is 2.93. The van der Waals surface area contributed by atoms with Gasteiger partial charge >= 0.3 is 0 Å². The summed E-state index contributed by atoms with van der Waals surface area (Å²) in [6.45, 7) is 6.07. The second kappa shape index (κ2) is 5.89. The molecule has 0 atom stereocenters. The second-order valence-electron chi connectivity index (χ2n) is 5.92. The highest BCUT2D eigenvalue weighted by Crippen LogP contribution is 2.21. The molecule has 0 aliphatic carbocycles. The lowest BCUT2D eigenvalue weighted by Crippen LogP contribution is -2.23. The van der Waals surface area contributed by atoms with Gasteiger partial charge in [0.25, 0.3) is 5.91 Å². The van der Waals surface area contributed by atoms with Crippen LogP contribution in [0.1, 0.15) is 33.2 Å². The van der Waals surface area contributed by atoms with Gasteiger partial charge in [0, 0.05) is 35.2 Å². The Bertz CT molecular complexity index is 1040. The van der Waals surface area contributed by atoms with E-state index in [0.717, 1.165) is 27.8 Å². The van der Waals surface area contributed by atoms with Gasteiger partial charge < -0.3 is 9.84 Å². The molecule has 25 heavy (non-hydrogen) atoms.